The minimum absolute atomic E-state index is 0.0708. The largest absolute Gasteiger partial charge is 0.329 e. The Morgan fingerprint density at radius 1 is 1.13 bits per heavy atom. The molecule has 0 aliphatic carbocycles. The molecule has 0 radical (unpaired) electrons. The van der Waals surface area contributed by atoms with Crippen molar-refractivity contribution in [2.24, 2.45) is 11.7 Å². The van der Waals surface area contributed by atoms with E-state index < -0.39 is 26.1 Å². The van der Waals surface area contributed by atoms with Crippen molar-refractivity contribution in [3.63, 3.8) is 0 Å². The predicted octanol–water partition coefficient (Wildman–Crippen LogP) is 0.589. The molecule has 1 unspecified atom stereocenters. The highest BCUT2D eigenvalue weighted by Gasteiger charge is 2.23. The second-order valence-electron chi connectivity index (χ2n) is 5.95. The van der Waals surface area contributed by atoms with Crippen molar-refractivity contribution in [1.82, 2.24) is 9.03 Å². The summed E-state index contributed by atoms with van der Waals surface area (Å²) in [6.45, 7) is 4.12. The first-order valence-corrected chi connectivity index (χ1v) is 10.2. The third kappa shape index (κ3) is 5.25. The maximum absolute atomic E-state index is 12.5. The Labute approximate surface area is 139 Å². The Bertz CT molecular complexity index is 728. The third-order valence-corrected chi connectivity index (χ3v) is 6.59. The molecule has 0 fully saturated rings. The fourth-order valence-corrected chi connectivity index (χ4v) is 4.39. The summed E-state index contributed by atoms with van der Waals surface area (Å²) < 4.78 is 52.7. The smallest absolute Gasteiger partial charge is 0.242 e. The average molecular weight is 364 g/mol. The molecule has 0 amide bonds. The molecular formula is C14H25N3O4S2. The van der Waals surface area contributed by atoms with Gasteiger partial charge in [0.25, 0.3) is 0 Å². The molecule has 0 aliphatic heterocycles. The molecule has 1 aromatic carbocycles. The molecule has 132 valence electrons. The maximum Gasteiger partial charge on any atom is 0.242 e. The van der Waals surface area contributed by atoms with Crippen LogP contribution in [0, 0.1) is 5.92 Å². The number of nitrogens with two attached hydrogens (primary N) is 1. The van der Waals surface area contributed by atoms with Gasteiger partial charge in [-0.15, -0.1) is 0 Å². The molecule has 9 heteroatoms. The minimum Gasteiger partial charge on any atom is -0.329 e. The van der Waals surface area contributed by atoms with E-state index >= 15 is 0 Å². The van der Waals surface area contributed by atoms with Gasteiger partial charge in [-0.3, -0.25) is 0 Å². The average Bonchev–Trinajstić information content (AvgIpc) is 2.45. The summed E-state index contributed by atoms with van der Waals surface area (Å²) in [7, 11) is -4.75. The number of hydrogen-bond donors (Lipinski definition) is 2. The molecule has 1 atom stereocenters. The second kappa shape index (κ2) is 7.71. The van der Waals surface area contributed by atoms with Gasteiger partial charge in [0, 0.05) is 26.7 Å². The van der Waals surface area contributed by atoms with E-state index in [1.54, 1.807) is 0 Å². The third-order valence-electron chi connectivity index (χ3n) is 3.26. The SMILES string of the molecule is CC(C)CC(CN)NS(=O)(=O)c1cccc(S(=O)(=O)N(C)C)c1. The van der Waals surface area contributed by atoms with Crippen LogP contribution >= 0.6 is 0 Å². The van der Waals surface area contributed by atoms with E-state index in [1.165, 1.54) is 32.3 Å². The normalized spacial score (nSPS) is 14.4. The van der Waals surface area contributed by atoms with Gasteiger partial charge < -0.3 is 5.73 Å². The van der Waals surface area contributed by atoms with E-state index in [2.05, 4.69) is 4.72 Å². The standard InChI is InChI=1S/C14H25N3O4S2/c1-11(2)8-12(10-15)16-22(18,19)13-6-5-7-14(9-13)23(20,21)17(3)4/h5-7,9,11-12,16H,8,10,15H2,1-4H3. The van der Waals surface area contributed by atoms with E-state index in [0.717, 1.165) is 10.4 Å². The lowest BCUT2D eigenvalue weighted by Crippen LogP contribution is -2.41. The predicted molar refractivity (Wildman–Crippen MR) is 89.9 cm³/mol. The van der Waals surface area contributed by atoms with Crippen LogP contribution in [0.25, 0.3) is 0 Å². The van der Waals surface area contributed by atoms with E-state index in [9.17, 15) is 16.8 Å². The van der Waals surface area contributed by atoms with Crippen molar-refractivity contribution >= 4 is 20.0 Å². The monoisotopic (exact) mass is 363 g/mol. The summed E-state index contributed by atoms with van der Waals surface area (Å²) in [6.07, 6.45) is 0.603. The first-order valence-electron chi connectivity index (χ1n) is 7.25. The molecule has 0 bridgehead atoms. The molecule has 1 aromatic rings. The summed E-state index contributed by atoms with van der Waals surface area (Å²) in [5.74, 6) is 0.284. The highest BCUT2D eigenvalue weighted by Crippen LogP contribution is 2.18. The molecule has 0 saturated carbocycles. The highest BCUT2D eigenvalue weighted by atomic mass is 32.2. The van der Waals surface area contributed by atoms with Crippen molar-refractivity contribution in [2.75, 3.05) is 20.6 Å². The number of benzene rings is 1. The summed E-state index contributed by atoms with van der Waals surface area (Å²) in [5, 5.41) is 0. The molecule has 1 rings (SSSR count). The molecule has 0 saturated heterocycles. The van der Waals surface area contributed by atoms with Crippen LogP contribution in [0.5, 0.6) is 0 Å². The zero-order valence-corrected chi connectivity index (χ0v) is 15.5. The van der Waals surface area contributed by atoms with Crippen LogP contribution in [0.3, 0.4) is 0 Å². The molecule has 0 aliphatic rings. The van der Waals surface area contributed by atoms with Crippen molar-refractivity contribution in [3.8, 4) is 0 Å². The van der Waals surface area contributed by atoms with Gasteiger partial charge in [0.05, 0.1) is 9.79 Å². The van der Waals surface area contributed by atoms with E-state index in [-0.39, 0.29) is 22.3 Å². The molecule has 0 spiro atoms. The maximum atomic E-state index is 12.5. The van der Waals surface area contributed by atoms with Gasteiger partial charge in [-0.2, -0.15) is 0 Å². The Balaban J connectivity index is 3.15. The van der Waals surface area contributed by atoms with Crippen LogP contribution in [0.1, 0.15) is 20.3 Å². The van der Waals surface area contributed by atoms with Gasteiger partial charge in [-0.1, -0.05) is 19.9 Å². The van der Waals surface area contributed by atoms with Gasteiger partial charge in [0.2, 0.25) is 20.0 Å². The van der Waals surface area contributed by atoms with E-state index in [0.29, 0.717) is 6.42 Å². The molecule has 23 heavy (non-hydrogen) atoms. The van der Waals surface area contributed by atoms with Crippen LogP contribution in [0.15, 0.2) is 34.1 Å². The fourth-order valence-electron chi connectivity index (χ4n) is 2.06. The zero-order valence-electron chi connectivity index (χ0n) is 13.9. The van der Waals surface area contributed by atoms with E-state index in [1.807, 2.05) is 13.8 Å². The number of sulfonamides is 2. The van der Waals surface area contributed by atoms with Crippen molar-refractivity contribution < 1.29 is 16.8 Å². The minimum atomic E-state index is -3.84. The summed E-state index contributed by atoms with van der Waals surface area (Å²) >= 11 is 0. The molecular weight excluding hydrogens is 338 g/mol. The Hall–Kier alpha value is -1.00. The lowest BCUT2D eigenvalue weighted by molar-refractivity contribution is 0.465. The van der Waals surface area contributed by atoms with Gasteiger partial charge in [0.1, 0.15) is 0 Å². The number of nitrogens with one attached hydrogen (secondary N) is 1. The zero-order chi connectivity index (χ0) is 17.8. The van der Waals surface area contributed by atoms with Crippen molar-refractivity contribution in [1.29, 1.82) is 0 Å². The van der Waals surface area contributed by atoms with Crippen molar-refractivity contribution in [2.45, 2.75) is 36.1 Å². The Morgan fingerprint density at radius 2 is 1.70 bits per heavy atom. The molecule has 0 heterocycles. The van der Waals surface area contributed by atoms with Crippen LogP contribution < -0.4 is 10.5 Å². The Morgan fingerprint density at radius 3 is 2.17 bits per heavy atom. The van der Waals surface area contributed by atoms with Gasteiger partial charge >= 0.3 is 0 Å². The lowest BCUT2D eigenvalue weighted by Gasteiger charge is -2.19. The van der Waals surface area contributed by atoms with Crippen LogP contribution in [0.2, 0.25) is 0 Å². The highest BCUT2D eigenvalue weighted by molar-refractivity contribution is 7.90. The summed E-state index contributed by atoms with van der Waals surface area (Å²) in [6, 6.07) is 4.89. The number of rotatable bonds is 8. The first kappa shape index (κ1) is 20.0. The molecule has 0 aromatic heterocycles. The van der Waals surface area contributed by atoms with Crippen LogP contribution in [-0.2, 0) is 20.0 Å². The summed E-state index contributed by atoms with van der Waals surface area (Å²) in [5.41, 5.74) is 5.62. The van der Waals surface area contributed by atoms with Gasteiger partial charge in [-0.25, -0.2) is 25.9 Å². The lowest BCUT2D eigenvalue weighted by atomic mass is 10.1. The van der Waals surface area contributed by atoms with E-state index in [4.69, 9.17) is 5.73 Å². The quantitative estimate of drug-likeness (QED) is 0.702. The molecule has 7 nitrogen and oxygen atoms in total. The van der Waals surface area contributed by atoms with Crippen LogP contribution in [0.4, 0.5) is 0 Å². The van der Waals surface area contributed by atoms with Gasteiger partial charge in [-0.05, 0) is 30.5 Å². The molecule has 3 N–H and O–H groups in total. The number of nitrogens with zero attached hydrogens (tertiary/aromatic N) is 1. The Kier molecular flexibility index (Phi) is 6.72. The summed E-state index contributed by atoms with van der Waals surface area (Å²) in [4.78, 5) is -0.166. The topological polar surface area (TPSA) is 110 Å². The van der Waals surface area contributed by atoms with Crippen LogP contribution in [-0.4, -0.2) is 47.8 Å². The first-order chi connectivity index (χ1) is 10.5. The van der Waals surface area contributed by atoms with Gasteiger partial charge in [0.15, 0.2) is 0 Å². The second-order valence-corrected chi connectivity index (χ2v) is 9.81. The number of hydrogen-bond acceptors (Lipinski definition) is 5. The fraction of sp³-hybridized carbons (Fsp3) is 0.571. The van der Waals surface area contributed by atoms with Crippen molar-refractivity contribution in [3.05, 3.63) is 24.3 Å².